The number of hydrogen-bond acceptors (Lipinski definition) is 4. The molecule has 1 aromatic heterocycles. The van der Waals surface area contributed by atoms with Crippen molar-refractivity contribution in [3.8, 4) is 5.75 Å². The van der Waals surface area contributed by atoms with Crippen LogP contribution >= 0.6 is 15.9 Å². The highest BCUT2D eigenvalue weighted by Gasteiger charge is 2.08. The van der Waals surface area contributed by atoms with E-state index in [2.05, 4.69) is 31.2 Å². The maximum atomic E-state index is 5.34. The Kier molecular flexibility index (Phi) is 3.52. The summed E-state index contributed by atoms with van der Waals surface area (Å²) in [7, 11) is 1.65. The number of methoxy groups -OCH3 is 1. The number of para-hydroxylation sites is 3. The Bertz CT molecular complexity index is 761. The standard InChI is InChI=1S/C15H12BrN3O/c1-20-13-8-3-2-7-12(13)19-15-10-5-4-6-11(16)14(10)17-9-18-15/h2-9H,1H3,(H,17,18,19). The van der Waals surface area contributed by atoms with Crippen LogP contribution in [0.25, 0.3) is 10.9 Å². The van der Waals surface area contributed by atoms with Gasteiger partial charge in [-0.25, -0.2) is 9.97 Å². The zero-order valence-corrected chi connectivity index (χ0v) is 12.4. The molecule has 20 heavy (non-hydrogen) atoms. The van der Waals surface area contributed by atoms with Crippen LogP contribution in [0.1, 0.15) is 0 Å². The van der Waals surface area contributed by atoms with Crippen LogP contribution in [0.3, 0.4) is 0 Å². The van der Waals surface area contributed by atoms with Crippen LogP contribution in [-0.2, 0) is 0 Å². The molecule has 5 heteroatoms. The molecule has 0 spiro atoms. The molecule has 100 valence electrons. The number of anilines is 2. The molecule has 1 heterocycles. The molecule has 0 saturated carbocycles. The third kappa shape index (κ3) is 2.32. The van der Waals surface area contributed by atoms with Crippen molar-refractivity contribution in [2.24, 2.45) is 0 Å². The van der Waals surface area contributed by atoms with Gasteiger partial charge in [-0.1, -0.05) is 18.2 Å². The lowest BCUT2D eigenvalue weighted by atomic mass is 10.2. The number of ether oxygens (including phenoxy) is 1. The molecule has 0 aliphatic carbocycles. The van der Waals surface area contributed by atoms with Crippen molar-refractivity contribution >= 4 is 38.3 Å². The number of nitrogens with zero attached hydrogens (tertiary/aromatic N) is 2. The first-order valence-electron chi connectivity index (χ1n) is 6.09. The minimum absolute atomic E-state index is 0.751. The van der Waals surface area contributed by atoms with Crippen molar-refractivity contribution in [1.29, 1.82) is 0 Å². The molecule has 1 N–H and O–H groups in total. The van der Waals surface area contributed by atoms with Gasteiger partial charge in [0.15, 0.2) is 0 Å². The van der Waals surface area contributed by atoms with E-state index >= 15 is 0 Å². The normalized spacial score (nSPS) is 10.5. The van der Waals surface area contributed by atoms with E-state index in [4.69, 9.17) is 4.74 Å². The summed E-state index contributed by atoms with van der Waals surface area (Å²) in [6, 6.07) is 13.6. The smallest absolute Gasteiger partial charge is 0.142 e. The summed E-state index contributed by atoms with van der Waals surface area (Å²) in [5.41, 5.74) is 1.75. The summed E-state index contributed by atoms with van der Waals surface area (Å²) >= 11 is 3.50. The quantitative estimate of drug-likeness (QED) is 0.784. The van der Waals surface area contributed by atoms with Gasteiger partial charge in [0.05, 0.1) is 18.3 Å². The summed E-state index contributed by atoms with van der Waals surface area (Å²) in [6.45, 7) is 0. The van der Waals surface area contributed by atoms with Gasteiger partial charge in [-0.05, 0) is 40.2 Å². The summed E-state index contributed by atoms with van der Waals surface area (Å²) in [5.74, 6) is 1.52. The third-order valence-electron chi connectivity index (χ3n) is 2.98. The van der Waals surface area contributed by atoms with Gasteiger partial charge in [0, 0.05) is 9.86 Å². The molecular weight excluding hydrogens is 318 g/mol. The van der Waals surface area contributed by atoms with Gasteiger partial charge in [-0.15, -0.1) is 0 Å². The van der Waals surface area contributed by atoms with Crippen LogP contribution < -0.4 is 10.1 Å². The second-order valence-electron chi connectivity index (χ2n) is 4.18. The minimum atomic E-state index is 0.751. The van der Waals surface area contributed by atoms with Crippen molar-refractivity contribution in [1.82, 2.24) is 9.97 Å². The molecule has 0 aliphatic rings. The van der Waals surface area contributed by atoms with E-state index in [1.807, 2.05) is 42.5 Å². The Morgan fingerprint density at radius 3 is 2.75 bits per heavy atom. The van der Waals surface area contributed by atoms with Crippen LogP contribution in [0.4, 0.5) is 11.5 Å². The van der Waals surface area contributed by atoms with Gasteiger partial charge < -0.3 is 10.1 Å². The summed E-state index contributed by atoms with van der Waals surface area (Å²) in [4.78, 5) is 8.62. The third-order valence-corrected chi connectivity index (χ3v) is 3.62. The van der Waals surface area contributed by atoms with Gasteiger partial charge in [0.2, 0.25) is 0 Å². The molecular formula is C15H12BrN3O. The maximum Gasteiger partial charge on any atom is 0.142 e. The topological polar surface area (TPSA) is 47.0 Å². The maximum absolute atomic E-state index is 5.34. The van der Waals surface area contributed by atoms with Crippen LogP contribution in [-0.4, -0.2) is 17.1 Å². The Balaban J connectivity index is 2.09. The first kappa shape index (κ1) is 12.9. The first-order chi connectivity index (χ1) is 9.79. The molecule has 0 atom stereocenters. The number of halogens is 1. The summed E-state index contributed by atoms with van der Waals surface area (Å²) < 4.78 is 6.28. The van der Waals surface area contributed by atoms with Gasteiger partial charge >= 0.3 is 0 Å². The van der Waals surface area contributed by atoms with Crippen molar-refractivity contribution in [3.63, 3.8) is 0 Å². The lowest BCUT2D eigenvalue weighted by Gasteiger charge is -2.12. The zero-order valence-electron chi connectivity index (χ0n) is 10.8. The first-order valence-corrected chi connectivity index (χ1v) is 6.88. The number of benzene rings is 2. The van der Waals surface area contributed by atoms with E-state index in [0.717, 1.165) is 32.6 Å². The number of rotatable bonds is 3. The Morgan fingerprint density at radius 1 is 1.05 bits per heavy atom. The fraction of sp³-hybridized carbons (Fsp3) is 0.0667. The number of hydrogen-bond donors (Lipinski definition) is 1. The summed E-state index contributed by atoms with van der Waals surface area (Å²) in [5, 5.41) is 4.25. The molecule has 0 saturated heterocycles. The predicted octanol–water partition coefficient (Wildman–Crippen LogP) is 4.14. The van der Waals surface area contributed by atoms with E-state index < -0.39 is 0 Å². The molecule has 0 amide bonds. The zero-order chi connectivity index (χ0) is 13.9. The average Bonchev–Trinajstić information content (AvgIpc) is 2.49. The lowest BCUT2D eigenvalue weighted by molar-refractivity contribution is 0.417. The second kappa shape index (κ2) is 5.46. The van der Waals surface area contributed by atoms with E-state index in [0.29, 0.717) is 0 Å². The molecule has 0 fully saturated rings. The highest BCUT2D eigenvalue weighted by Crippen LogP contribution is 2.31. The largest absolute Gasteiger partial charge is 0.495 e. The van der Waals surface area contributed by atoms with E-state index in [1.54, 1.807) is 13.4 Å². The van der Waals surface area contributed by atoms with Crippen LogP contribution in [0.15, 0.2) is 53.3 Å². The lowest BCUT2D eigenvalue weighted by Crippen LogP contribution is -1.98. The molecule has 0 unspecified atom stereocenters. The number of aromatic nitrogens is 2. The predicted molar refractivity (Wildman–Crippen MR) is 83.5 cm³/mol. The van der Waals surface area contributed by atoms with Crippen LogP contribution in [0.5, 0.6) is 5.75 Å². The van der Waals surface area contributed by atoms with Crippen molar-refractivity contribution < 1.29 is 4.74 Å². The van der Waals surface area contributed by atoms with Gasteiger partial charge in [0.25, 0.3) is 0 Å². The van der Waals surface area contributed by atoms with Crippen molar-refractivity contribution in [2.45, 2.75) is 0 Å². The van der Waals surface area contributed by atoms with Crippen LogP contribution in [0, 0.1) is 0 Å². The highest BCUT2D eigenvalue weighted by atomic mass is 79.9. The van der Waals surface area contributed by atoms with Crippen LogP contribution in [0.2, 0.25) is 0 Å². The Hall–Kier alpha value is -2.14. The highest BCUT2D eigenvalue weighted by molar-refractivity contribution is 9.10. The Labute approximate surface area is 125 Å². The fourth-order valence-electron chi connectivity index (χ4n) is 2.03. The molecule has 3 rings (SSSR count). The molecule has 4 nitrogen and oxygen atoms in total. The van der Waals surface area contributed by atoms with E-state index in [1.165, 1.54) is 0 Å². The van der Waals surface area contributed by atoms with Gasteiger partial charge in [-0.2, -0.15) is 0 Å². The SMILES string of the molecule is COc1ccccc1Nc1ncnc2c(Br)cccc12. The molecule has 0 aliphatic heterocycles. The van der Waals surface area contributed by atoms with E-state index in [-0.39, 0.29) is 0 Å². The van der Waals surface area contributed by atoms with E-state index in [9.17, 15) is 0 Å². The number of fused-ring (bicyclic) bond motifs is 1. The molecule has 2 aromatic carbocycles. The molecule has 0 radical (unpaired) electrons. The van der Waals surface area contributed by atoms with Crippen molar-refractivity contribution in [2.75, 3.05) is 12.4 Å². The number of nitrogens with one attached hydrogen (secondary N) is 1. The van der Waals surface area contributed by atoms with Crippen molar-refractivity contribution in [3.05, 3.63) is 53.3 Å². The van der Waals surface area contributed by atoms with Gasteiger partial charge in [0.1, 0.15) is 17.9 Å². The second-order valence-corrected chi connectivity index (χ2v) is 5.04. The monoisotopic (exact) mass is 329 g/mol. The molecule has 0 bridgehead atoms. The fourth-order valence-corrected chi connectivity index (χ4v) is 2.50. The minimum Gasteiger partial charge on any atom is -0.495 e. The average molecular weight is 330 g/mol. The van der Waals surface area contributed by atoms with Gasteiger partial charge in [-0.3, -0.25) is 0 Å². The molecule has 3 aromatic rings. The summed E-state index contributed by atoms with van der Waals surface area (Å²) in [6.07, 6.45) is 1.55. The Morgan fingerprint density at radius 2 is 1.90 bits per heavy atom.